The van der Waals surface area contributed by atoms with Gasteiger partial charge in [0.25, 0.3) is 10.0 Å². The summed E-state index contributed by atoms with van der Waals surface area (Å²) in [4.78, 5) is 10.6. The summed E-state index contributed by atoms with van der Waals surface area (Å²) in [7, 11) is -3.06. The van der Waals surface area contributed by atoms with Gasteiger partial charge in [-0.25, -0.2) is 27.2 Å². The number of rotatable bonds is 8. The van der Waals surface area contributed by atoms with E-state index in [1.54, 1.807) is 6.20 Å². The van der Waals surface area contributed by atoms with Crippen molar-refractivity contribution in [3.8, 4) is 17.0 Å². The van der Waals surface area contributed by atoms with E-state index in [0.717, 1.165) is 66.3 Å². The highest BCUT2D eigenvalue weighted by atomic mass is 32.2. The van der Waals surface area contributed by atoms with Gasteiger partial charge in [-0.1, -0.05) is 6.07 Å². The number of hydrogen-bond acceptors (Lipinski definition) is 8. The van der Waals surface area contributed by atoms with Crippen molar-refractivity contribution in [3.63, 3.8) is 0 Å². The van der Waals surface area contributed by atoms with E-state index in [1.165, 1.54) is 13.2 Å². The van der Waals surface area contributed by atoms with Crippen molar-refractivity contribution in [1.29, 1.82) is 0 Å². The molecular weight excluding hydrogens is 576 g/mol. The van der Waals surface area contributed by atoms with Crippen LogP contribution in [0.5, 0.6) is 5.88 Å². The first-order chi connectivity index (χ1) is 20.8. The van der Waals surface area contributed by atoms with Gasteiger partial charge in [0.05, 0.1) is 25.8 Å². The Balaban J connectivity index is 1.22. The summed E-state index contributed by atoms with van der Waals surface area (Å²) >= 11 is 0. The van der Waals surface area contributed by atoms with Crippen LogP contribution in [0.3, 0.4) is 0 Å². The Kier molecular flexibility index (Phi) is 7.78. The number of morpholine rings is 1. The zero-order valence-corrected chi connectivity index (χ0v) is 23.9. The lowest BCUT2D eigenvalue weighted by atomic mass is 10.0. The molecule has 1 aliphatic rings. The van der Waals surface area contributed by atoms with Crippen LogP contribution in [0, 0.1) is 11.6 Å². The van der Waals surface area contributed by atoms with Gasteiger partial charge in [0.1, 0.15) is 28.0 Å². The van der Waals surface area contributed by atoms with E-state index in [9.17, 15) is 17.2 Å². The number of halogens is 2. The van der Waals surface area contributed by atoms with Crippen LogP contribution in [0.1, 0.15) is 0 Å². The zero-order chi connectivity index (χ0) is 30.0. The van der Waals surface area contributed by atoms with Gasteiger partial charge in [-0.05, 0) is 72.3 Å². The van der Waals surface area contributed by atoms with E-state index in [0.29, 0.717) is 17.4 Å². The van der Waals surface area contributed by atoms with Gasteiger partial charge in [0.2, 0.25) is 5.88 Å². The van der Waals surface area contributed by atoms with Crippen molar-refractivity contribution >= 4 is 43.8 Å². The van der Waals surface area contributed by atoms with Crippen molar-refractivity contribution in [1.82, 2.24) is 9.97 Å². The van der Waals surface area contributed by atoms with Crippen LogP contribution >= 0.6 is 0 Å². The van der Waals surface area contributed by atoms with Crippen molar-refractivity contribution in [2.75, 3.05) is 48.4 Å². The molecule has 0 spiro atoms. The van der Waals surface area contributed by atoms with Crippen molar-refractivity contribution in [2.45, 2.75) is 4.90 Å². The average molecular weight is 604 g/mol. The van der Waals surface area contributed by atoms with Crippen LogP contribution in [-0.2, 0) is 14.8 Å². The summed E-state index contributed by atoms with van der Waals surface area (Å²) in [6, 6.07) is 21.4. The van der Waals surface area contributed by atoms with Crippen LogP contribution < -0.4 is 19.7 Å². The van der Waals surface area contributed by atoms with Gasteiger partial charge in [-0.3, -0.25) is 4.72 Å². The summed E-state index contributed by atoms with van der Waals surface area (Å²) in [5, 5.41) is 4.20. The van der Waals surface area contributed by atoms with Gasteiger partial charge >= 0.3 is 0 Å². The van der Waals surface area contributed by atoms with Crippen molar-refractivity contribution < 1.29 is 26.7 Å². The van der Waals surface area contributed by atoms with Gasteiger partial charge in [0.15, 0.2) is 0 Å². The summed E-state index contributed by atoms with van der Waals surface area (Å²) in [6.07, 6.45) is 1.54. The molecule has 0 saturated carbocycles. The third kappa shape index (κ3) is 6.20. The lowest BCUT2D eigenvalue weighted by molar-refractivity contribution is 0.122. The summed E-state index contributed by atoms with van der Waals surface area (Å²) < 4.78 is 66.3. The Morgan fingerprint density at radius 1 is 0.907 bits per heavy atom. The molecule has 2 aromatic heterocycles. The lowest BCUT2D eigenvalue weighted by Gasteiger charge is -2.28. The van der Waals surface area contributed by atoms with Crippen LogP contribution in [0.2, 0.25) is 0 Å². The van der Waals surface area contributed by atoms with Crippen LogP contribution in [0.4, 0.5) is 31.7 Å². The number of aromatic nitrogens is 2. The standard InChI is InChI=1S/C31H27F2N5O4S/c1-41-31-28(37-43(39,40)29-10-4-23(32)18-26(29)33)17-22(19-34-31)20-2-9-27-21(16-20)3-11-30(36-27)35-24-5-7-25(8-6-24)38-12-14-42-15-13-38/h2-11,16-19,37H,12-15H2,1H3,(H,35,36). The number of hydrogen-bond donors (Lipinski definition) is 2. The molecule has 3 aromatic carbocycles. The smallest absolute Gasteiger partial charge is 0.264 e. The summed E-state index contributed by atoms with van der Waals surface area (Å²) in [5.74, 6) is -1.41. The predicted molar refractivity (Wildman–Crippen MR) is 161 cm³/mol. The monoisotopic (exact) mass is 603 g/mol. The highest BCUT2D eigenvalue weighted by Crippen LogP contribution is 2.32. The van der Waals surface area contributed by atoms with E-state index >= 15 is 0 Å². The molecule has 12 heteroatoms. The second kappa shape index (κ2) is 11.8. The van der Waals surface area contributed by atoms with Gasteiger partial charge < -0.3 is 19.7 Å². The van der Waals surface area contributed by atoms with Gasteiger partial charge in [0, 0.05) is 47.7 Å². The van der Waals surface area contributed by atoms with E-state index in [1.807, 2.05) is 42.5 Å². The second-order valence-corrected chi connectivity index (χ2v) is 11.5. The minimum Gasteiger partial charge on any atom is -0.480 e. The fourth-order valence-corrected chi connectivity index (χ4v) is 5.95. The molecule has 2 N–H and O–H groups in total. The van der Waals surface area contributed by atoms with Crippen molar-refractivity contribution in [3.05, 3.63) is 96.7 Å². The maximum atomic E-state index is 14.2. The molecule has 9 nitrogen and oxygen atoms in total. The minimum atomic E-state index is -4.40. The molecule has 0 aliphatic carbocycles. The van der Waals surface area contributed by atoms with Crippen LogP contribution in [0.25, 0.3) is 22.0 Å². The topological polar surface area (TPSA) is 106 Å². The molecule has 0 unspecified atom stereocenters. The number of sulfonamides is 1. The zero-order valence-electron chi connectivity index (χ0n) is 23.1. The quantitative estimate of drug-likeness (QED) is 0.224. The van der Waals surface area contributed by atoms with E-state index < -0.39 is 26.6 Å². The Labute approximate surface area is 247 Å². The van der Waals surface area contributed by atoms with Gasteiger partial charge in [-0.2, -0.15) is 0 Å². The molecule has 5 aromatic rings. The number of pyridine rings is 2. The summed E-state index contributed by atoms with van der Waals surface area (Å²) in [5.41, 5.74) is 4.16. The molecule has 43 heavy (non-hydrogen) atoms. The normalized spacial score (nSPS) is 13.6. The Morgan fingerprint density at radius 2 is 1.70 bits per heavy atom. The average Bonchev–Trinajstić information content (AvgIpc) is 3.01. The molecule has 220 valence electrons. The Hall–Kier alpha value is -4.81. The fraction of sp³-hybridized carbons (Fsp3) is 0.161. The molecule has 0 amide bonds. The highest BCUT2D eigenvalue weighted by molar-refractivity contribution is 7.92. The maximum Gasteiger partial charge on any atom is 0.264 e. The molecule has 0 bridgehead atoms. The molecule has 6 rings (SSSR count). The fourth-order valence-electron chi connectivity index (χ4n) is 4.84. The van der Waals surface area contributed by atoms with Crippen molar-refractivity contribution in [2.24, 2.45) is 0 Å². The molecule has 0 radical (unpaired) electrons. The first kappa shape index (κ1) is 28.3. The Morgan fingerprint density at radius 3 is 2.44 bits per heavy atom. The van der Waals surface area contributed by atoms with Crippen LogP contribution in [-0.4, -0.2) is 51.8 Å². The largest absolute Gasteiger partial charge is 0.480 e. The minimum absolute atomic E-state index is 0.00105. The molecule has 1 saturated heterocycles. The number of ether oxygens (including phenoxy) is 2. The molecule has 3 heterocycles. The Bertz CT molecular complexity index is 1900. The second-order valence-electron chi connectivity index (χ2n) is 9.84. The number of fused-ring (bicyclic) bond motifs is 1. The summed E-state index contributed by atoms with van der Waals surface area (Å²) in [6.45, 7) is 3.22. The lowest BCUT2D eigenvalue weighted by Crippen LogP contribution is -2.36. The van der Waals surface area contributed by atoms with E-state index in [2.05, 4.69) is 32.1 Å². The van der Waals surface area contributed by atoms with Gasteiger partial charge in [-0.15, -0.1) is 0 Å². The SMILES string of the molecule is COc1ncc(-c2ccc3nc(Nc4ccc(N5CCOCC5)cc4)ccc3c2)cc1NS(=O)(=O)c1ccc(F)cc1F. The molecule has 1 fully saturated rings. The first-order valence-corrected chi connectivity index (χ1v) is 14.9. The predicted octanol–water partition coefficient (Wildman–Crippen LogP) is 5.96. The maximum absolute atomic E-state index is 14.2. The highest BCUT2D eigenvalue weighted by Gasteiger charge is 2.22. The van der Waals surface area contributed by atoms with Crippen LogP contribution in [0.15, 0.2) is 90.0 Å². The van der Waals surface area contributed by atoms with E-state index in [-0.39, 0.29) is 11.6 Å². The number of anilines is 4. The number of benzene rings is 3. The number of nitrogens with one attached hydrogen (secondary N) is 2. The molecule has 1 aliphatic heterocycles. The third-order valence-corrected chi connectivity index (χ3v) is 8.41. The third-order valence-electron chi connectivity index (χ3n) is 7.01. The van der Waals surface area contributed by atoms with E-state index in [4.69, 9.17) is 14.5 Å². The number of nitrogens with zero attached hydrogens (tertiary/aromatic N) is 3. The molecule has 0 atom stereocenters. The molecular formula is C31H27F2N5O4S. The number of methoxy groups -OCH3 is 1. The first-order valence-electron chi connectivity index (χ1n) is 13.4.